The van der Waals surface area contributed by atoms with E-state index in [0.717, 1.165) is 5.69 Å². The van der Waals surface area contributed by atoms with Gasteiger partial charge >= 0.3 is 0 Å². The molecule has 0 aromatic carbocycles. The van der Waals surface area contributed by atoms with Gasteiger partial charge in [-0.1, -0.05) is 6.92 Å². The number of carbonyl (C=O) groups is 2. The minimum Gasteiger partial charge on any atom is -0.340 e. The van der Waals surface area contributed by atoms with E-state index >= 15 is 0 Å². The van der Waals surface area contributed by atoms with Gasteiger partial charge in [0.25, 0.3) is 0 Å². The van der Waals surface area contributed by atoms with Crippen LogP contribution in [0, 0.1) is 0 Å². The van der Waals surface area contributed by atoms with Crippen LogP contribution < -0.4 is 5.32 Å². The Balaban J connectivity index is 2.14. The fraction of sp³-hybridized carbons (Fsp3) is 0.643. The van der Waals surface area contributed by atoms with Crippen LogP contribution >= 0.6 is 0 Å². The third-order valence-electron chi connectivity index (χ3n) is 3.76. The van der Waals surface area contributed by atoms with Crippen LogP contribution in [0.15, 0.2) is 12.3 Å². The standard InChI is InChI=1S/C14H22N4O2/c1-5-14(4)13(20)17(9-12(19)15-14)8-11-6-7-18(16-11)10(2)3/h6-7,10H,5,8-9H2,1-4H3,(H,15,19). The molecule has 2 amide bonds. The van der Waals surface area contributed by atoms with Gasteiger partial charge in [0, 0.05) is 12.2 Å². The molecule has 1 aromatic heterocycles. The largest absolute Gasteiger partial charge is 0.340 e. The predicted octanol–water partition coefficient (Wildman–Crippen LogP) is 1.09. The Kier molecular flexibility index (Phi) is 3.83. The number of piperazine rings is 1. The average molecular weight is 278 g/mol. The van der Waals surface area contributed by atoms with Crippen molar-refractivity contribution in [3.63, 3.8) is 0 Å². The lowest BCUT2D eigenvalue weighted by Crippen LogP contribution is -2.64. The predicted molar refractivity (Wildman–Crippen MR) is 74.9 cm³/mol. The minimum atomic E-state index is -0.796. The summed E-state index contributed by atoms with van der Waals surface area (Å²) in [4.78, 5) is 25.8. The molecule has 1 aliphatic heterocycles. The van der Waals surface area contributed by atoms with Crippen LogP contribution in [0.4, 0.5) is 0 Å². The zero-order valence-corrected chi connectivity index (χ0v) is 12.5. The highest BCUT2D eigenvalue weighted by molar-refractivity contribution is 5.97. The summed E-state index contributed by atoms with van der Waals surface area (Å²) in [6.45, 7) is 8.24. The van der Waals surface area contributed by atoms with Crippen molar-refractivity contribution < 1.29 is 9.59 Å². The Bertz CT molecular complexity index is 523. The number of carbonyl (C=O) groups excluding carboxylic acids is 2. The highest BCUT2D eigenvalue weighted by atomic mass is 16.2. The Labute approximate surface area is 119 Å². The van der Waals surface area contributed by atoms with Gasteiger partial charge in [-0.3, -0.25) is 14.3 Å². The quantitative estimate of drug-likeness (QED) is 0.896. The first-order valence-corrected chi connectivity index (χ1v) is 7.00. The van der Waals surface area contributed by atoms with Crippen LogP contribution in [0.25, 0.3) is 0 Å². The number of aromatic nitrogens is 2. The smallest absolute Gasteiger partial charge is 0.248 e. The summed E-state index contributed by atoms with van der Waals surface area (Å²) in [5.41, 5.74) is 0.0101. The van der Waals surface area contributed by atoms with Crippen LogP contribution in [-0.4, -0.2) is 38.6 Å². The Morgan fingerprint density at radius 3 is 2.70 bits per heavy atom. The summed E-state index contributed by atoms with van der Waals surface area (Å²) in [6, 6.07) is 2.17. The molecule has 2 rings (SSSR count). The number of hydrogen-bond acceptors (Lipinski definition) is 3. The molecule has 1 unspecified atom stereocenters. The number of nitrogens with one attached hydrogen (secondary N) is 1. The molecule has 0 spiro atoms. The Morgan fingerprint density at radius 1 is 1.45 bits per heavy atom. The highest BCUT2D eigenvalue weighted by Gasteiger charge is 2.41. The van der Waals surface area contributed by atoms with Crippen LogP contribution in [-0.2, 0) is 16.1 Å². The normalized spacial score (nSPS) is 23.4. The van der Waals surface area contributed by atoms with Gasteiger partial charge in [0.05, 0.1) is 12.2 Å². The van der Waals surface area contributed by atoms with Gasteiger partial charge in [0.1, 0.15) is 12.1 Å². The topological polar surface area (TPSA) is 67.2 Å². The molecule has 1 saturated heterocycles. The summed E-state index contributed by atoms with van der Waals surface area (Å²) in [5.74, 6) is -0.157. The lowest BCUT2D eigenvalue weighted by Gasteiger charge is -2.38. The third kappa shape index (κ3) is 2.69. The third-order valence-corrected chi connectivity index (χ3v) is 3.76. The zero-order valence-electron chi connectivity index (χ0n) is 12.5. The van der Waals surface area contributed by atoms with E-state index in [1.165, 1.54) is 0 Å². The second-order valence-electron chi connectivity index (χ2n) is 5.78. The second kappa shape index (κ2) is 5.26. The maximum absolute atomic E-state index is 12.4. The maximum Gasteiger partial charge on any atom is 0.248 e. The molecular formula is C14H22N4O2. The van der Waals surface area contributed by atoms with E-state index in [1.54, 1.807) is 11.8 Å². The summed E-state index contributed by atoms with van der Waals surface area (Å²) in [5, 5.41) is 7.20. The fourth-order valence-electron chi connectivity index (χ4n) is 2.31. The summed E-state index contributed by atoms with van der Waals surface area (Å²) in [6.07, 6.45) is 2.47. The first kappa shape index (κ1) is 14.6. The average Bonchev–Trinajstić information content (AvgIpc) is 2.84. The molecule has 0 saturated carbocycles. The lowest BCUT2D eigenvalue weighted by molar-refractivity contribution is -0.150. The molecule has 110 valence electrons. The van der Waals surface area contributed by atoms with Crippen LogP contribution in [0.3, 0.4) is 0 Å². The van der Waals surface area contributed by atoms with Crippen molar-refractivity contribution in [3.8, 4) is 0 Å². The summed E-state index contributed by atoms with van der Waals surface area (Å²) >= 11 is 0. The van der Waals surface area contributed by atoms with E-state index in [0.29, 0.717) is 13.0 Å². The van der Waals surface area contributed by atoms with E-state index in [2.05, 4.69) is 10.4 Å². The van der Waals surface area contributed by atoms with Gasteiger partial charge in [-0.15, -0.1) is 0 Å². The number of amides is 2. The SMILES string of the molecule is CCC1(C)NC(=O)CN(Cc2ccn(C(C)C)n2)C1=O. The molecule has 6 nitrogen and oxygen atoms in total. The molecule has 2 heterocycles. The van der Waals surface area contributed by atoms with Crippen molar-refractivity contribution in [3.05, 3.63) is 18.0 Å². The second-order valence-corrected chi connectivity index (χ2v) is 5.78. The van der Waals surface area contributed by atoms with Crippen molar-refractivity contribution in [2.45, 2.75) is 52.2 Å². The first-order valence-electron chi connectivity index (χ1n) is 7.00. The Hall–Kier alpha value is -1.85. The molecule has 6 heteroatoms. The molecule has 20 heavy (non-hydrogen) atoms. The van der Waals surface area contributed by atoms with Gasteiger partial charge < -0.3 is 10.2 Å². The van der Waals surface area contributed by atoms with E-state index in [4.69, 9.17) is 0 Å². The van der Waals surface area contributed by atoms with Gasteiger partial charge in [0.15, 0.2) is 0 Å². The molecule has 0 bridgehead atoms. The fourth-order valence-corrected chi connectivity index (χ4v) is 2.31. The molecular weight excluding hydrogens is 256 g/mol. The number of rotatable bonds is 4. The monoisotopic (exact) mass is 278 g/mol. The van der Waals surface area contributed by atoms with Crippen LogP contribution in [0.2, 0.25) is 0 Å². The van der Waals surface area contributed by atoms with Crippen molar-refractivity contribution in [1.29, 1.82) is 0 Å². The van der Waals surface area contributed by atoms with Gasteiger partial charge in [0.2, 0.25) is 11.8 Å². The molecule has 1 aromatic rings. The van der Waals surface area contributed by atoms with E-state index in [9.17, 15) is 9.59 Å². The lowest BCUT2D eigenvalue weighted by atomic mass is 9.94. The zero-order chi connectivity index (χ0) is 14.9. The summed E-state index contributed by atoms with van der Waals surface area (Å²) < 4.78 is 1.85. The van der Waals surface area contributed by atoms with Gasteiger partial charge in [-0.25, -0.2) is 0 Å². The Morgan fingerprint density at radius 2 is 2.15 bits per heavy atom. The molecule has 0 radical (unpaired) electrons. The van der Waals surface area contributed by atoms with Crippen LogP contribution in [0.1, 0.15) is 45.9 Å². The molecule has 0 aliphatic carbocycles. The first-order chi connectivity index (χ1) is 9.35. The highest BCUT2D eigenvalue weighted by Crippen LogP contribution is 2.19. The van der Waals surface area contributed by atoms with Crippen molar-refractivity contribution in [2.75, 3.05) is 6.54 Å². The number of hydrogen-bond donors (Lipinski definition) is 1. The van der Waals surface area contributed by atoms with Crippen molar-refractivity contribution in [1.82, 2.24) is 20.0 Å². The molecule has 1 N–H and O–H groups in total. The maximum atomic E-state index is 12.4. The van der Waals surface area contributed by atoms with Gasteiger partial charge in [-0.05, 0) is 33.3 Å². The van der Waals surface area contributed by atoms with Crippen molar-refractivity contribution in [2.24, 2.45) is 0 Å². The molecule has 1 fully saturated rings. The van der Waals surface area contributed by atoms with E-state index in [1.807, 2.05) is 37.7 Å². The van der Waals surface area contributed by atoms with E-state index in [-0.39, 0.29) is 24.4 Å². The minimum absolute atomic E-state index is 0.0429. The van der Waals surface area contributed by atoms with Crippen molar-refractivity contribution >= 4 is 11.8 Å². The number of nitrogens with zero attached hydrogens (tertiary/aromatic N) is 3. The van der Waals surface area contributed by atoms with Gasteiger partial charge in [-0.2, -0.15) is 5.10 Å². The van der Waals surface area contributed by atoms with E-state index < -0.39 is 5.54 Å². The molecule has 1 atom stereocenters. The summed E-state index contributed by atoms with van der Waals surface area (Å²) in [7, 11) is 0. The molecule has 1 aliphatic rings. The van der Waals surface area contributed by atoms with Crippen LogP contribution in [0.5, 0.6) is 0 Å².